The summed E-state index contributed by atoms with van der Waals surface area (Å²) < 4.78 is 16.9. The van der Waals surface area contributed by atoms with Crippen LogP contribution < -0.4 is 14.8 Å². The zero-order valence-corrected chi connectivity index (χ0v) is 30.3. The Hall–Kier alpha value is -3.79. The maximum Gasteiger partial charge on any atom is 0.410 e. The van der Waals surface area contributed by atoms with Gasteiger partial charge in [-0.2, -0.15) is 0 Å². The Morgan fingerprint density at radius 1 is 0.776 bits per heavy atom. The summed E-state index contributed by atoms with van der Waals surface area (Å²) in [5.74, 6) is 1.16. The summed E-state index contributed by atoms with van der Waals surface area (Å²) in [7, 11) is 0. The third kappa shape index (κ3) is 10.8. The second-order valence-corrected chi connectivity index (χ2v) is 13.9. The summed E-state index contributed by atoms with van der Waals surface area (Å²) in [6.07, 6.45) is 3.83. The first-order chi connectivity index (χ1) is 23.4. The molecule has 8 nitrogen and oxygen atoms in total. The molecule has 1 N–H and O–H groups in total. The van der Waals surface area contributed by atoms with E-state index in [4.69, 9.17) is 60.6 Å². The van der Waals surface area contributed by atoms with Crippen LogP contribution in [0, 0.1) is 0 Å². The lowest BCUT2D eigenvalue weighted by Gasteiger charge is -2.24. The van der Waals surface area contributed by atoms with Gasteiger partial charge in [0.05, 0.1) is 39.4 Å². The molecular formula is C37H36Cl4N4O4. The van der Waals surface area contributed by atoms with Gasteiger partial charge < -0.3 is 24.4 Å². The SMILES string of the molecule is CC(C)(C)OC(=O)N1CC=C(c2cccc(COc3ccc(Cl)cc3Cl)n2)C1.Clc1ccc(OCc2cccc(C3=CCNC3)n2)c(Cl)c1. The first-order valence-electron chi connectivity index (χ1n) is 15.6. The monoisotopic (exact) mass is 740 g/mol. The lowest BCUT2D eigenvalue weighted by atomic mass is 10.1. The van der Waals surface area contributed by atoms with Gasteiger partial charge in [0.25, 0.3) is 0 Å². The summed E-state index contributed by atoms with van der Waals surface area (Å²) in [4.78, 5) is 23.1. The quantitative estimate of drug-likeness (QED) is 0.193. The summed E-state index contributed by atoms with van der Waals surface area (Å²) in [6.45, 7) is 8.95. The molecule has 4 heterocycles. The Morgan fingerprint density at radius 3 is 1.82 bits per heavy atom. The highest BCUT2D eigenvalue weighted by Gasteiger charge is 2.26. The standard InChI is InChI=1S/C21H22Cl2N2O3.C16H14Cl2N2O/c1-21(2,3)28-20(26)25-10-9-14(12-25)18-6-4-5-16(24-18)13-27-19-8-7-15(22)11-17(19)23;17-12-4-5-16(14(18)8-12)21-10-13-2-1-3-15(20-13)11-6-7-19-9-11/h4-9,11H,10,12-13H2,1-3H3;1-6,8,19H,7,9-10H2. The van der Waals surface area contributed by atoms with Crippen molar-refractivity contribution in [2.45, 2.75) is 39.6 Å². The number of benzene rings is 2. The van der Waals surface area contributed by atoms with E-state index >= 15 is 0 Å². The largest absolute Gasteiger partial charge is 0.486 e. The van der Waals surface area contributed by atoms with Crippen LogP contribution in [0.5, 0.6) is 11.5 Å². The summed E-state index contributed by atoms with van der Waals surface area (Å²) in [5.41, 5.74) is 5.13. The van der Waals surface area contributed by atoms with Crippen LogP contribution in [0.4, 0.5) is 4.79 Å². The Kier molecular flexibility index (Phi) is 12.5. The second kappa shape index (κ2) is 16.7. The van der Waals surface area contributed by atoms with Crippen molar-refractivity contribution in [2.24, 2.45) is 0 Å². The van der Waals surface area contributed by atoms with Gasteiger partial charge in [-0.05, 0) is 92.6 Å². The molecule has 2 aromatic heterocycles. The molecule has 0 spiro atoms. The Balaban J connectivity index is 0.000000199. The van der Waals surface area contributed by atoms with Crippen molar-refractivity contribution < 1.29 is 19.0 Å². The molecule has 2 aliphatic rings. The van der Waals surface area contributed by atoms with Crippen molar-refractivity contribution >= 4 is 63.6 Å². The highest BCUT2D eigenvalue weighted by molar-refractivity contribution is 6.36. The number of rotatable bonds is 8. The number of pyridine rings is 2. The molecule has 0 saturated heterocycles. The van der Waals surface area contributed by atoms with E-state index in [1.165, 1.54) is 5.57 Å². The second-order valence-electron chi connectivity index (χ2n) is 12.2. The van der Waals surface area contributed by atoms with Gasteiger partial charge >= 0.3 is 6.09 Å². The molecule has 0 unspecified atom stereocenters. The first kappa shape index (κ1) is 36.5. The molecule has 2 aromatic carbocycles. The van der Waals surface area contributed by atoms with Gasteiger partial charge in [0.1, 0.15) is 30.3 Å². The van der Waals surface area contributed by atoms with Crippen molar-refractivity contribution in [1.29, 1.82) is 0 Å². The van der Waals surface area contributed by atoms with E-state index in [1.54, 1.807) is 41.3 Å². The van der Waals surface area contributed by atoms with Crippen LogP contribution in [0.3, 0.4) is 0 Å². The average Bonchev–Trinajstić information content (AvgIpc) is 3.78. The fraction of sp³-hybridized carbons (Fsp3) is 0.270. The van der Waals surface area contributed by atoms with E-state index in [0.29, 0.717) is 51.3 Å². The van der Waals surface area contributed by atoms with E-state index < -0.39 is 5.60 Å². The molecule has 49 heavy (non-hydrogen) atoms. The molecule has 0 radical (unpaired) electrons. The fourth-order valence-electron chi connectivity index (χ4n) is 4.84. The molecule has 4 aromatic rings. The lowest BCUT2D eigenvalue weighted by molar-refractivity contribution is 0.0306. The Bertz CT molecular complexity index is 1860. The summed E-state index contributed by atoms with van der Waals surface area (Å²) >= 11 is 24.0. The minimum atomic E-state index is -0.516. The minimum Gasteiger partial charge on any atom is -0.486 e. The number of carbonyl (C=O) groups excluding carboxylic acids is 1. The molecular weight excluding hydrogens is 706 g/mol. The molecule has 0 saturated carbocycles. The summed E-state index contributed by atoms with van der Waals surface area (Å²) in [5, 5.41) is 5.37. The Morgan fingerprint density at radius 2 is 1.33 bits per heavy atom. The number of ether oxygens (including phenoxy) is 3. The highest BCUT2D eigenvalue weighted by atomic mass is 35.5. The highest BCUT2D eigenvalue weighted by Crippen LogP contribution is 2.29. The van der Waals surface area contributed by atoms with Crippen molar-refractivity contribution in [3.05, 3.63) is 128 Å². The van der Waals surface area contributed by atoms with Crippen molar-refractivity contribution in [3.8, 4) is 11.5 Å². The molecule has 0 aliphatic carbocycles. The zero-order valence-electron chi connectivity index (χ0n) is 27.3. The number of hydrogen-bond donors (Lipinski definition) is 1. The fourth-order valence-corrected chi connectivity index (χ4v) is 5.77. The number of hydrogen-bond acceptors (Lipinski definition) is 7. The third-order valence-electron chi connectivity index (χ3n) is 7.19. The number of carbonyl (C=O) groups is 1. The van der Waals surface area contributed by atoms with Crippen LogP contribution in [0.15, 0.2) is 84.9 Å². The van der Waals surface area contributed by atoms with Gasteiger partial charge in [-0.25, -0.2) is 14.8 Å². The number of aromatic nitrogens is 2. The minimum absolute atomic E-state index is 0.276. The van der Waals surface area contributed by atoms with Gasteiger partial charge in [0.15, 0.2) is 0 Å². The predicted molar refractivity (Wildman–Crippen MR) is 197 cm³/mol. The zero-order chi connectivity index (χ0) is 35.0. The van der Waals surface area contributed by atoms with Crippen LogP contribution in [0.2, 0.25) is 20.1 Å². The van der Waals surface area contributed by atoms with Gasteiger partial charge in [-0.1, -0.05) is 70.7 Å². The molecule has 0 bridgehead atoms. The van der Waals surface area contributed by atoms with E-state index in [9.17, 15) is 4.79 Å². The number of halogens is 4. The van der Waals surface area contributed by atoms with Crippen molar-refractivity contribution in [1.82, 2.24) is 20.2 Å². The molecule has 0 atom stereocenters. The number of nitrogens with one attached hydrogen (secondary N) is 1. The van der Waals surface area contributed by atoms with Gasteiger partial charge in [-0.3, -0.25) is 0 Å². The van der Waals surface area contributed by atoms with Crippen molar-refractivity contribution in [2.75, 3.05) is 26.2 Å². The average molecular weight is 743 g/mol. The maximum absolute atomic E-state index is 12.2. The molecule has 2 aliphatic heterocycles. The van der Waals surface area contributed by atoms with Crippen LogP contribution in [-0.2, 0) is 18.0 Å². The van der Waals surface area contributed by atoms with E-state index in [1.807, 2.05) is 63.2 Å². The van der Waals surface area contributed by atoms with Gasteiger partial charge in [0, 0.05) is 29.7 Å². The summed E-state index contributed by atoms with van der Waals surface area (Å²) in [6, 6.07) is 21.9. The topological polar surface area (TPSA) is 85.8 Å². The lowest BCUT2D eigenvalue weighted by Crippen LogP contribution is -2.35. The first-order valence-corrected chi connectivity index (χ1v) is 17.1. The van der Waals surface area contributed by atoms with Crippen molar-refractivity contribution in [3.63, 3.8) is 0 Å². The van der Waals surface area contributed by atoms with Gasteiger partial charge in [-0.15, -0.1) is 0 Å². The Labute approximate surface area is 306 Å². The van der Waals surface area contributed by atoms with Crippen LogP contribution >= 0.6 is 46.4 Å². The molecule has 12 heteroatoms. The van der Waals surface area contributed by atoms with Crippen LogP contribution in [0.1, 0.15) is 43.5 Å². The normalized spacial score (nSPS) is 14.1. The van der Waals surface area contributed by atoms with Gasteiger partial charge in [0.2, 0.25) is 0 Å². The smallest absolute Gasteiger partial charge is 0.410 e. The number of nitrogens with zero attached hydrogens (tertiary/aromatic N) is 3. The van der Waals surface area contributed by atoms with Crippen LogP contribution in [0.25, 0.3) is 11.1 Å². The molecule has 256 valence electrons. The number of amides is 1. The molecule has 0 fully saturated rings. The molecule has 6 rings (SSSR count). The predicted octanol–water partition coefficient (Wildman–Crippen LogP) is 9.56. The van der Waals surface area contributed by atoms with E-state index in [-0.39, 0.29) is 12.7 Å². The maximum atomic E-state index is 12.2. The van der Waals surface area contributed by atoms with E-state index in [2.05, 4.69) is 21.4 Å². The third-order valence-corrected chi connectivity index (χ3v) is 8.25. The van der Waals surface area contributed by atoms with E-state index in [0.717, 1.165) is 41.4 Å². The molecule has 1 amide bonds. The van der Waals surface area contributed by atoms with Crippen LogP contribution in [-0.4, -0.2) is 52.7 Å².